The summed E-state index contributed by atoms with van der Waals surface area (Å²) in [5, 5.41) is 3.47. The van der Waals surface area contributed by atoms with E-state index in [-0.39, 0.29) is 0 Å². The standard InChI is InChI=1S/C13H28N2O/c1-5-7-15(11(2)3)9-13(14-4)12-6-8-16-10-12/h11-14H,5-10H2,1-4H3. The molecule has 1 aliphatic rings. The molecule has 1 heterocycles. The number of nitrogens with zero attached hydrogens (tertiary/aromatic N) is 1. The molecule has 1 N–H and O–H groups in total. The van der Waals surface area contributed by atoms with E-state index in [1.165, 1.54) is 19.4 Å². The molecule has 2 unspecified atom stereocenters. The Morgan fingerprint density at radius 2 is 2.19 bits per heavy atom. The topological polar surface area (TPSA) is 24.5 Å². The molecule has 1 rings (SSSR count). The zero-order chi connectivity index (χ0) is 12.0. The van der Waals surface area contributed by atoms with Gasteiger partial charge in [-0.05, 0) is 40.3 Å². The van der Waals surface area contributed by atoms with Crippen LogP contribution in [0.4, 0.5) is 0 Å². The van der Waals surface area contributed by atoms with E-state index in [0.717, 1.165) is 19.8 Å². The summed E-state index contributed by atoms with van der Waals surface area (Å²) in [5.74, 6) is 0.697. The van der Waals surface area contributed by atoms with E-state index in [1.54, 1.807) is 0 Å². The van der Waals surface area contributed by atoms with Crippen LogP contribution in [0, 0.1) is 5.92 Å². The molecule has 0 aromatic carbocycles. The van der Waals surface area contributed by atoms with Crippen LogP contribution in [0.2, 0.25) is 0 Å². The summed E-state index contributed by atoms with van der Waals surface area (Å²) in [4.78, 5) is 2.57. The van der Waals surface area contributed by atoms with E-state index in [4.69, 9.17) is 4.74 Å². The molecule has 1 aliphatic heterocycles. The van der Waals surface area contributed by atoms with Gasteiger partial charge in [0.15, 0.2) is 0 Å². The van der Waals surface area contributed by atoms with E-state index in [9.17, 15) is 0 Å². The molecule has 0 radical (unpaired) electrons. The van der Waals surface area contributed by atoms with Crippen molar-refractivity contribution in [1.29, 1.82) is 0 Å². The Balaban J connectivity index is 2.45. The highest BCUT2D eigenvalue weighted by Crippen LogP contribution is 2.18. The van der Waals surface area contributed by atoms with E-state index >= 15 is 0 Å². The second-order valence-electron chi connectivity index (χ2n) is 5.11. The molecule has 0 bridgehead atoms. The van der Waals surface area contributed by atoms with Crippen LogP contribution >= 0.6 is 0 Å². The van der Waals surface area contributed by atoms with Crippen molar-refractivity contribution in [2.45, 2.75) is 45.7 Å². The molecule has 3 heteroatoms. The number of likely N-dealkylation sites (N-methyl/N-ethyl adjacent to an activating group) is 1. The maximum Gasteiger partial charge on any atom is 0.0510 e. The summed E-state index contributed by atoms with van der Waals surface area (Å²) in [6.45, 7) is 11.0. The quantitative estimate of drug-likeness (QED) is 0.718. The Labute approximate surface area is 101 Å². The molecule has 16 heavy (non-hydrogen) atoms. The zero-order valence-corrected chi connectivity index (χ0v) is 11.3. The summed E-state index contributed by atoms with van der Waals surface area (Å²) in [5.41, 5.74) is 0. The molecule has 0 aliphatic carbocycles. The predicted molar refractivity (Wildman–Crippen MR) is 68.8 cm³/mol. The van der Waals surface area contributed by atoms with Crippen molar-refractivity contribution in [2.75, 3.05) is 33.4 Å². The van der Waals surface area contributed by atoms with Gasteiger partial charge in [0.25, 0.3) is 0 Å². The van der Waals surface area contributed by atoms with Gasteiger partial charge in [0.05, 0.1) is 6.61 Å². The Hall–Kier alpha value is -0.120. The van der Waals surface area contributed by atoms with E-state index < -0.39 is 0 Å². The van der Waals surface area contributed by atoms with Crippen molar-refractivity contribution in [3.63, 3.8) is 0 Å². The molecule has 1 fully saturated rings. The fourth-order valence-electron chi connectivity index (χ4n) is 2.45. The Morgan fingerprint density at radius 1 is 1.44 bits per heavy atom. The zero-order valence-electron chi connectivity index (χ0n) is 11.3. The van der Waals surface area contributed by atoms with Gasteiger partial charge in [-0.3, -0.25) is 4.90 Å². The third-order valence-corrected chi connectivity index (χ3v) is 3.58. The minimum atomic E-state index is 0.580. The first-order chi connectivity index (χ1) is 7.69. The SMILES string of the molecule is CCCN(CC(NC)C1CCOC1)C(C)C. The molecule has 0 spiro atoms. The van der Waals surface area contributed by atoms with Gasteiger partial charge in [-0.2, -0.15) is 0 Å². The molecule has 0 aromatic heterocycles. The van der Waals surface area contributed by atoms with Crippen LogP contribution in [0.15, 0.2) is 0 Å². The fourth-order valence-corrected chi connectivity index (χ4v) is 2.45. The second-order valence-corrected chi connectivity index (χ2v) is 5.11. The van der Waals surface area contributed by atoms with Crippen LogP contribution in [0.5, 0.6) is 0 Å². The van der Waals surface area contributed by atoms with Gasteiger partial charge in [-0.1, -0.05) is 6.92 Å². The van der Waals surface area contributed by atoms with Crippen molar-refractivity contribution in [2.24, 2.45) is 5.92 Å². The molecule has 0 amide bonds. The maximum absolute atomic E-state index is 5.48. The van der Waals surface area contributed by atoms with Crippen LogP contribution in [0.1, 0.15) is 33.6 Å². The largest absolute Gasteiger partial charge is 0.381 e. The number of nitrogens with one attached hydrogen (secondary N) is 1. The van der Waals surface area contributed by atoms with Gasteiger partial charge >= 0.3 is 0 Å². The summed E-state index contributed by atoms with van der Waals surface area (Å²) in [6.07, 6.45) is 2.44. The van der Waals surface area contributed by atoms with Crippen LogP contribution < -0.4 is 5.32 Å². The normalized spacial score (nSPS) is 23.2. The average Bonchev–Trinajstić information content (AvgIpc) is 2.77. The number of ether oxygens (including phenoxy) is 1. The van der Waals surface area contributed by atoms with Crippen molar-refractivity contribution in [3.8, 4) is 0 Å². The lowest BCUT2D eigenvalue weighted by atomic mass is 9.98. The van der Waals surface area contributed by atoms with E-state index in [0.29, 0.717) is 18.0 Å². The van der Waals surface area contributed by atoms with Crippen molar-refractivity contribution in [1.82, 2.24) is 10.2 Å². The van der Waals surface area contributed by atoms with Gasteiger partial charge in [0.2, 0.25) is 0 Å². The van der Waals surface area contributed by atoms with Crippen molar-refractivity contribution in [3.05, 3.63) is 0 Å². The third-order valence-electron chi connectivity index (χ3n) is 3.58. The molecule has 1 saturated heterocycles. The predicted octanol–water partition coefficient (Wildman–Crippen LogP) is 1.73. The van der Waals surface area contributed by atoms with Gasteiger partial charge < -0.3 is 10.1 Å². The van der Waals surface area contributed by atoms with Crippen LogP contribution in [-0.4, -0.2) is 50.3 Å². The third kappa shape index (κ3) is 4.04. The van der Waals surface area contributed by atoms with E-state index in [1.807, 2.05) is 0 Å². The first-order valence-electron chi connectivity index (χ1n) is 6.68. The lowest BCUT2D eigenvalue weighted by molar-refractivity contribution is 0.150. The maximum atomic E-state index is 5.48. The average molecular weight is 228 g/mol. The molecular formula is C13H28N2O. The smallest absolute Gasteiger partial charge is 0.0510 e. The van der Waals surface area contributed by atoms with E-state index in [2.05, 4.69) is 38.0 Å². The fraction of sp³-hybridized carbons (Fsp3) is 1.00. The minimum Gasteiger partial charge on any atom is -0.381 e. The van der Waals surface area contributed by atoms with Crippen LogP contribution in [-0.2, 0) is 4.74 Å². The Morgan fingerprint density at radius 3 is 2.62 bits per heavy atom. The highest BCUT2D eigenvalue weighted by Gasteiger charge is 2.26. The first-order valence-corrected chi connectivity index (χ1v) is 6.68. The lowest BCUT2D eigenvalue weighted by Gasteiger charge is -2.32. The molecule has 0 saturated carbocycles. The summed E-state index contributed by atoms with van der Waals surface area (Å²) in [6, 6.07) is 1.22. The van der Waals surface area contributed by atoms with Gasteiger partial charge in [0.1, 0.15) is 0 Å². The molecular weight excluding hydrogens is 200 g/mol. The van der Waals surface area contributed by atoms with Gasteiger partial charge in [-0.15, -0.1) is 0 Å². The van der Waals surface area contributed by atoms with Crippen molar-refractivity contribution >= 4 is 0 Å². The summed E-state index contributed by atoms with van der Waals surface area (Å²) >= 11 is 0. The minimum absolute atomic E-state index is 0.580. The molecule has 3 nitrogen and oxygen atoms in total. The highest BCUT2D eigenvalue weighted by molar-refractivity contribution is 4.82. The summed E-state index contributed by atoms with van der Waals surface area (Å²) < 4.78 is 5.48. The lowest BCUT2D eigenvalue weighted by Crippen LogP contribution is -2.47. The number of rotatable bonds is 7. The number of hydrogen-bond donors (Lipinski definition) is 1. The monoisotopic (exact) mass is 228 g/mol. The van der Waals surface area contributed by atoms with Gasteiger partial charge in [0, 0.05) is 31.2 Å². The Kier molecular flexibility index (Phi) is 6.32. The second kappa shape index (κ2) is 7.25. The molecule has 0 aromatic rings. The van der Waals surface area contributed by atoms with Crippen LogP contribution in [0.3, 0.4) is 0 Å². The Bertz CT molecular complexity index is 179. The molecule has 2 atom stereocenters. The highest BCUT2D eigenvalue weighted by atomic mass is 16.5. The molecule has 96 valence electrons. The number of hydrogen-bond acceptors (Lipinski definition) is 3. The van der Waals surface area contributed by atoms with Gasteiger partial charge in [-0.25, -0.2) is 0 Å². The van der Waals surface area contributed by atoms with Crippen molar-refractivity contribution < 1.29 is 4.74 Å². The van der Waals surface area contributed by atoms with Crippen LogP contribution in [0.25, 0.3) is 0 Å². The summed E-state index contributed by atoms with van der Waals surface area (Å²) in [7, 11) is 2.08. The first kappa shape index (κ1) is 13.9.